The molecule has 0 atom stereocenters. The first-order valence-corrected chi connectivity index (χ1v) is 6.50. The Bertz CT molecular complexity index is 578. The molecule has 0 bridgehead atoms. The Balaban J connectivity index is 3.25. The molecule has 1 aromatic rings. The average molecular weight is 291 g/mol. The predicted octanol–water partition coefficient (Wildman–Crippen LogP) is 2.67. The summed E-state index contributed by atoms with van der Waals surface area (Å²) in [6.45, 7) is 4.91. The molecule has 0 saturated carbocycles. The number of nitro benzene ring substituents is 1. The molecule has 0 aliphatic rings. The van der Waals surface area contributed by atoms with E-state index in [0.717, 1.165) is 6.07 Å². The number of carbonyl (C=O) groups is 1. The van der Waals surface area contributed by atoms with Crippen LogP contribution in [-0.4, -0.2) is 29.1 Å². The monoisotopic (exact) mass is 291 g/mol. The summed E-state index contributed by atoms with van der Waals surface area (Å²) in [6.07, 6.45) is 0.253. The van der Waals surface area contributed by atoms with Gasteiger partial charge < -0.3 is 10.0 Å². The van der Waals surface area contributed by atoms with Crippen LogP contribution in [0.25, 0.3) is 0 Å². The van der Waals surface area contributed by atoms with Crippen molar-refractivity contribution in [2.45, 2.75) is 20.3 Å². The topological polar surface area (TPSA) is 107 Å². The van der Waals surface area contributed by atoms with Crippen LogP contribution in [0.1, 0.15) is 30.6 Å². The Morgan fingerprint density at radius 3 is 2.67 bits per heavy atom. The number of hydrogen-bond acceptors (Lipinski definition) is 5. The largest absolute Gasteiger partial charge is 0.478 e. The number of anilines is 1. The van der Waals surface area contributed by atoms with Gasteiger partial charge in [-0.05, 0) is 12.0 Å². The van der Waals surface area contributed by atoms with Crippen molar-refractivity contribution in [3.63, 3.8) is 0 Å². The first-order valence-electron chi connectivity index (χ1n) is 6.50. The van der Waals surface area contributed by atoms with Crippen molar-refractivity contribution in [2.24, 2.45) is 5.92 Å². The fourth-order valence-corrected chi connectivity index (χ4v) is 2.02. The van der Waals surface area contributed by atoms with E-state index in [-0.39, 0.29) is 23.6 Å². The number of carboxylic acid groups (broad SMARTS) is 1. The van der Waals surface area contributed by atoms with Gasteiger partial charge in [-0.2, -0.15) is 5.26 Å². The second kappa shape index (κ2) is 7.24. The highest BCUT2D eigenvalue weighted by molar-refractivity contribution is 5.95. The van der Waals surface area contributed by atoms with Gasteiger partial charge in [-0.1, -0.05) is 13.8 Å². The van der Waals surface area contributed by atoms with Gasteiger partial charge in [0.1, 0.15) is 0 Å². The van der Waals surface area contributed by atoms with E-state index < -0.39 is 10.9 Å². The molecule has 0 amide bonds. The van der Waals surface area contributed by atoms with E-state index >= 15 is 0 Å². The van der Waals surface area contributed by atoms with Crippen LogP contribution in [0.5, 0.6) is 0 Å². The van der Waals surface area contributed by atoms with Crippen LogP contribution in [-0.2, 0) is 0 Å². The molecule has 0 heterocycles. The summed E-state index contributed by atoms with van der Waals surface area (Å²) in [7, 11) is 0. The maximum absolute atomic E-state index is 11.3. The molecule has 7 nitrogen and oxygen atoms in total. The standard InChI is InChI=1S/C14H17N3O4/c1-10(2)9-16(7-3-6-15)13-5-4-11(17(20)21)8-12(13)14(18)19/h4-5,8,10H,3,7,9H2,1-2H3,(H,18,19). The molecule has 21 heavy (non-hydrogen) atoms. The summed E-state index contributed by atoms with van der Waals surface area (Å²) < 4.78 is 0. The second-order valence-corrected chi connectivity index (χ2v) is 5.01. The predicted molar refractivity (Wildman–Crippen MR) is 77.3 cm³/mol. The Morgan fingerprint density at radius 1 is 1.52 bits per heavy atom. The maximum atomic E-state index is 11.3. The summed E-state index contributed by atoms with van der Waals surface area (Å²) in [4.78, 5) is 23.3. The van der Waals surface area contributed by atoms with Crippen LogP contribution < -0.4 is 4.90 Å². The molecular weight excluding hydrogens is 274 g/mol. The summed E-state index contributed by atoms with van der Waals surface area (Å²) in [5, 5.41) is 28.7. The van der Waals surface area contributed by atoms with Gasteiger partial charge in [-0.3, -0.25) is 10.1 Å². The number of hydrogen-bond donors (Lipinski definition) is 1. The van der Waals surface area contributed by atoms with Crippen LogP contribution in [0.4, 0.5) is 11.4 Å². The highest BCUT2D eigenvalue weighted by Gasteiger charge is 2.20. The van der Waals surface area contributed by atoms with E-state index in [1.807, 2.05) is 19.9 Å². The lowest BCUT2D eigenvalue weighted by Crippen LogP contribution is -2.30. The van der Waals surface area contributed by atoms with Crippen molar-refractivity contribution >= 4 is 17.3 Å². The van der Waals surface area contributed by atoms with Gasteiger partial charge in [0.2, 0.25) is 0 Å². The zero-order valence-electron chi connectivity index (χ0n) is 11.9. The van der Waals surface area contributed by atoms with Crippen LogP contribution in [0.15, 0.2) is 18.2 Å². The number of benzene rings is 1. The van der Waals surface area contributed by atoms with Gasteiger partial charge in [0.15, 0.2) is 0 Å². The summed E-state index contributed by atoms with van der Waals surface area (Å²) in [5.41, 5.74) is 0.0146. The summed E-state index contributed by atoms with van der Waals surface area (Å²) >= 11 is 0. The number of non-ortho nitro benzene ring substituents is 1. The molecule has 1 rings (SSSR count). The molecule has 0 fully saturated rings. The van der Waals surface area contributed by atoms with Gasteiger partial charge in [-0.25, -0.2) is 4.79 Å². The average Bonchev–Trinajstić information content (AvgIpc) is 2.42. The lowest BCUT2D eigenvalue weighted by Gasteiger charge is -2.27. The third kappa shape index (κ3) is 4.45. The molecule has 0 aromatic heterocycles. The Labute approximate surface area is 122 Å². The number of nitrogens with zero attached hydrogens (tertiary/aromatic N) is 3. The zero-order valence-corrected chi connectivity index (χ0v) is 11.9. The number of rotatable bonds is 7. The minimum Gasteiger partial charge on any atom is -0.478 e. The zero-order chi connectivity index (χ0) is 16.0. The van der Waals surface area contributed by atoms with E-state index in [2.05, 4.69) is 0 Å². The van der Waals surface area contributed by atoms with Crippen LogP contribution in [0, 0.1) is 27.4 Å². The fraction of sp³-hybridized carbons (Fsp3) is 0.429. The Morgan fingerprint density at radius 2 is 2.19 bits per heavy atom. The Kier molecular flexibility index (Phi) is 5.67. The third-order valence-electron chi connectivity index (χ3n) is 2.84. The van der Waals surface area contributed by atoms with E-state index in [0.29, 0.717) is 18.8 Å². The molecule has 0 aliphatic carbocycles. The SMILES string of the molecule is CC(C)CN(CCC#N)c1ccc([N+](=O)[O-])cc1C(=O)O. The van der Waals surface area contributed by atoms with Crippen molar-refractivity contribution in [2.75, 3.05) is 18.0 Å². The molecule has 1 N–H and O–H groups in total. The van der Waals surface area contributed by atoms with Crippen molar-refractivity contribution < 1.29 is 14.8 Å². The van der Waals surface area contributed by atoms with Crippen molar-refractivity contribution in [1.29, 1.82) is 5.26 Å². The summed E-state index contributed by atoms with van der Waals surface area (Å²) in [6, 6.07) is 5.79. The molecule has 0 saturated heterocycles. The van der Waals surface area contributed by atoms with Gasteiger partial charge in [0, 0.05) is 25.2 Å². The molecule has 0 unspecified atom stereocenters. The highest BCUT2D eigenvalue weighted by atomic mass is 16.6. The summed E-state index contributed by atoms with van der Waals surface area (Å²) in [5.74, 6) is -0.958. The first-order chi connectivity index (χ1) is 9.86. The lowest BCUT2D eigenvalue weighted by molar-refractivity contribution is -0.384. The minimum absolute atomic E-state index is 0.122. The van der Waals surface area contributed by atoms with Crippen molar-refractivity contribution in [1.82, 2.24) is 0 Å². The molecule has 112 valence electrons. The number of carboxylic acids is 1. The van der Waals surface area contributed by atoms with Crippen molar-refractivity contribution in [3.8, 4) is 6.07 Å². The van der Waals surface area contributed by atoms with Gasteiger partial charge in [-0.15, -0.1) is 0 Å². The van der Waals surface area contributed by atoms with Crippen LogP contribution in [0.2, 0.25) is 0 Å². The van der Waals surface area contributed by atoms with Crippen LogP contribution in [0.3, 0.4) is 0 Å². The molecule has 0 radical (unpaired) electrons. The molecule has 0 aliphatic heterocycles. The maximum Gasteiger partial charge on any atom is 0.338 e. The van der Waals surface area contributed by atoms with Gasteiger partial charge in [0.05, 0.1) is 28.7 Å². The van der Waals surface area contributed by atoms with Crippen LogP contribution >= 0.6 is 0 Å². The molecular formula is C14H17N3O4. The van der Waals surface area contributed by atoms with Crippen molar-refractivity contribution in [3.05, 3.63) is 33.9 Å². The van der Waals surface area contributed by atoms with E-state index in [1.165, 1.54) is 12.1 Å². The lowest BCUT2D eigenvalue weighted by atomic mass is 10.1. The second-order valence-electron chi connectivity index (χ2n) is 5.01. The van der Waals surface area contributed by atoms with E-state index in [1.54, 1.807) is 4.90 Å². The first kappa shape index (κ1) is 16.4. The van der Waals surface area contributed by atoms with E-state index in [4.69, 9.17) is 5.26 Å². The third-order valence-corrected chi connectivity index (χ3v) is 2.84. The van der Waals surface area contributed by atoms with Gasteiger partial charge >= 0.3 is 5.97 Å². The van der Waals surface area contributed by atoms with E-state index in [9.17, 15) is 20.0 Å². The normalized spacial score (nSPS) is 10.2. The smallest absolute Gasteiger partial charge is 0.338 e. The molecule has 0 spiro atoms. The number of nitro groups is 1. The highest BCUT2D eigenvalue weighted by Crippen LogP contribution is 2.26. The Hall–Kier alpha value is -2.62. The molecule has 7 heteroatoms. The molecule has 1 aromatic carbocycles. The minimum atomic E-state index is -1.22. The quantitative estimate of drug-likeness (QED) is 0.611. The number of aromatic carboxylic acids is 1. The van der Waals surface area contributed by atoms with Gasteiger partial charge in [0.25, 0.3) is 5.69 Å². The fourth-order valence-electron chi connectivity index (χ4n) is 2.02. The number of nitriles is 1.